The lowest BCUT2D eigenvalue weighted by Crippen LogP contribution is -2.34. The maximum Gasteiger partial charge on any atom is 0.304 e. The molecule has 4 nitrogen and oxygen atoms in total. The fourth-order valence-corrected chi connectivity index (χ4v) is 2.88. The monoisotopic (exact) mass is 288 g/mol. The average Bonchev–Trinajstić information content (AvgIpc) is 2.86. The Morgan fingerprint density at radius 3 is 2.71 bits per heavy atom. The van der Waals surface area contributed by atoms with E-state index in [4.69, 9.17) is 5.11 Å². The quantitative estimate of drug-likeness (QED) is 0.821. The van der Waals surface area contributed by atoms with Gasteiger partial charge in [0.1, 0.15) is 0 Å². The van der Waals surface area contributed by atoms with Crippen molar-refractivity contribution in [3.8, 4) is 0 Å². The molecule has 0 aliphatic carbocycles. The first-order valence-electron chi connectivity index (χ1n) is 7.60. The second-order valence-electron chi connectivity index (χ2n) is 5.52. The first-order valence-corrected chi connectivity index (χ1v) is 7.60. The van der Waals surface area contributed by atoms with Crippen LogP contribution in [0.2, 0.25) is 0 Å². The number of hydrogen-bond donors (Lipinski definition) is 2. The highest BCUT2D eigenvalue weighted by Crippen LogP contribution is 2.24. The van der Waals surface area contributed by atoms with Crippen LogP contribution >= 0.6 is 0 Å². The van der Waals surface area contributed by atoms with E-state index in [9.17, 15) is 4.79 Å². The van der Waals surface area contributed by atoms with Crippen LogP contribution in [-0.2, 0) is 17.8 Å². The Morgan fingerprint density at radius 2 is 2.10 bits per heavy atom. The summed E-state index contributed by atoms with van der Waals surface area (Å²) in [4.78, 5) is 16.5. The number of fused-ring (bicyclic) bond motifs is 1. The molecule has 2 N–H and O–H groups in total. The molecule has 0 aliphatic heterocycles. The van der Waals surface area contributed by atoms with E-state index in [2.05, 4.69) is 48.1 Å². The molecule has 0 saturated heterocycles. The Labute approximate surface area is 125 Å². The highest BCUT2D eigenvalue weighted by Gasteiger charge is 2.17. The van der Waals surface area contributed by atoms with Gasteiger partial charge in [0.25, 0.3) is 0 Å². The van der Waals surface area contributed by atoms with E-state index in [1.165, 1.54) is 22.0 Å². The van der Waals surface area contributed by atoms with Gasteiger partial charge >= 0.3 is 5.97 Å². The van der Waals surface area contributed by atoms with E-state index in [0.717, 1.165) is 19.5 Å². The number of benzene rings is 1. The van der Waals surface area contributed by atoms with Crippen molar-refractivity contribution in [2.75, 3.05) is 6.54 Å². The van der Waals surface area contributed by atoms with E-state index in [1.54, 1.807) is 0 Å². The number of aromatic amines is 1. The van der Waals surface area contributed by atoms with Gasteiger partial charge in [-0.25, -0.2) is 0 Å². The summed E-state index contributed by atoms with van der Waals surface area (Å²) in [6, 6.07) is 6.41. The van der Waals surface area contributed by atoms with Crippen molar-refractivity contribution in [2.45, 2.75) is 46.2 Å². The number of aromatic nitrogens is 1. The minimum absolute atomic E-state index is 0.0341. The van der Waals surface area contributed by atoms with Crippen LogP contribution in [0.15, 0.2) is 24.4 Å². The normalized spacial score (nSPS) is 13.0. The topological polar surface area (TPSA) is 56.3 Å². The van der Waals surface area contributed by atoms with E-state index in [1.807, 2.05) is 6.92 Å². The second kappa shape index (κ2) is 6.76. The van der Waals surface area contributed by atoms with E-state index < -0.39 is 5.97 Å². The molecule has 1 atom stereocenters. The molecule has 1 aromatic heterocycles. The third-order valence-corrected chi connectivity index (χ3v) is 4.14. The van der Waals surface area contributed by atoms with Gasteiger partial charge in [-0.2, -0.15) is 0 Å². The summed E-state index contributed by atoms with van der Waals surface area (Å²) in [7, 11) is 0. The molecule has 0 radical (unpaired) electrons. The number of nitrogens with one attached hydrogen (secondary N) is 1. The van der Waals surface area contributed by atoms with Crippen LogP contribution in [0.25, 0.3) is 10.9 Å². The number of aryl methyl sites for hydroxylation is 1. The lowest BCUT2D eigenvalue weighted by Gasteiger charge is -2.26. The zero-order valence-corrected chi connectivity index (χ0v) is 13.0. The molecule has 0 spiro atoms. The van der Waals surface area contributed by atoms with Crippen molar-refractivity contribution in [2.24, 2.45) is 0 Å². The predicted molar refractivity (Wildman–Crippen MR) is 85.5 cm³/mol. The summed E-state index contributed by atoms with van der Waals surface area (Å²) in [5.41, 5.74) is 3.76. The summed E-state index contributed by atoms with van der Waals surface area (Å²) < 4.78 is 0. The fourth-order valence-electron chi connectivity index (χ4n) is 2.88. The highest BCUT2D eigenvalue weighted by atomic mass is 16.4. The van der Waals surface area contributed by atoms with Crippen LogP contribution < -0.4 is 0 Å². The Kier molecular flexibility index (Phi) is 5.02. The first kappa shape index (κ1) is 15.6. The standard InChI is InChI=1S/C17H24N2O2/c1-4-13-7-6-8-15-14(10-18-17(13)15)11-19(5-2)12(3)9-16(20)21/h6-8,10,12,18H,4-5,9,11H2,1-3H3,(H,20,21). The number of H-pyrrole nitrogens is 1. The number of carboxylic acids is 1. The number of rotatable bonds is 7. The smallest absolute Gasteiger partial charge is 0.304 e. The fraction of sp³-hybridized carbons (Fsp3) is 0.471. The number of nitrogens with zero attached hydrogens (tertiary/aromatic N) is 1. The molecular weight excluding hydrogens is 264 g/mol. The molecule has 0 aliphatic rings. The number of carbonyl (C=O) groups is 1. The molecule has 1 aromatic carbocycles. The molecule has 4 heteroatoms. The van der Waals surface area contributed by atoms with Crippen LogP contribution in [0.1, 0.15) is 38.3 Å². The van der Waals surface area contributed by atoms with Crippen LogP contribution in [0, 0.1) is 0 Å². The van der Waals surface area contributed by atoms with Crippen LogP contribution in [0.3, 0.4) is 0 Å². The molecule has 2 aromatic rings. The molecule has 21 heavy (non-hydrogen) atoms. The minimum atomic E-state index is -0.742. The zero-order valence-electron chi connectivity index (χ0n) is 13.0. The Balaban J connectivity index is 2.24. The molecule has 2 rings (SSSR count). The molecule has 1 heterocycles. The number of aliphatic carboxylic acids is 1. The van der Waals surface area contributed by atoms with Crippen molar-refractivity contribution in [3.05, 3.63) is 35.5 Å². The highest BCUT2D eigenvalue weighted by molar-refractivity contribution is 5.86. The van der Waals surface area contributed by atoms with Crippen molar-refractivity contribution in [1.82, 2.24) is 9.88 Å². The van der Waals surface area contributed by atoms with Gasteiger partial charge in [0, 0.05) is 29.7 Å². The minimum Gasteiger partial charge on any atom is -0.481 e. The largest absolute Gasteiger partial charge is 0.481 e. The third-order valence-electron chi connectivity index (χ3n) is 4.14. The van der Waals surface area contributed by atoms with Gasteiger partial charge in [0.15, 0.2) is 0 Å². The van der Waals surface area contributed by atoms with Crippen molar-refractivity contribution in [3.63, 3.8) is 0 Å². The SMILES string of the molecule is CCc1cccc2c(CN(CC)C(C)CC(=O)O)c[nH]c12. The molecule has 114 valence electrons. The molecule has 0 amide bonds. The van der Waals surface area contributed by atoms with Crippen LogP contribution in [-0.4, -0.2) is 33.5 Å². The van der Waals surface area contributed by atoms with Gasteiger partial charge in [-0.15, -0.1) is 0 Å². The number of hydrogen-bond acceptors (Lipinski definition) is 2. The number of para-hydroxylation sites is 1. The molecule has 1 unspecified atom stereocenters. The van der Waals surface area contributed by atoms with Gasteiger partial charge in [0.2, 0.25) is 0 Å². The van der Waals surface area contributed by atoms with E-state index in [-0.39, 0.29) is 12.5 Å². The first-order chi connectivity index (χ1) is 10.1. The predicted octanol–water partition coefficient (Wildman–Crippen LogP) is 3.42. The lowest BCUT2D eigenvalue weighted by atomic mass is 10.1. The lowest BCUT2D eigenvalue weighted by molar-refractivity contribution is -0.138. The van der Waals surface area contributed by atoms with Gasteiger partial charge in [-0.05, 0) is 31.0 Å². The molecular formula is C17H24N2O2. The van der Waals surface area contributed by atoms with Gasteiger partial charge in [-0.1, -0.05) is 32.0 Å². The second-order valence-corrected chi connectivity index (χ2v) is 5.52. The Morgan fingerprint density at radius 1 is 1.33 bits per heavy atom. The average molecular weight is 288 g/mol. The third kappa shape index (κ3) is 3.45. The summed E-state index contributed by atoms with van der Waals surface area (Å²) in [5.74, 6) is -0.742. The zero-order chi connectivity index (χ0) is 15.4. The summed E-state index contributed by atoms with van der Waals surface area (Å²) in [5, 5.41) is 10.2. The van der Waals surface area contributed by atoms with E-state index >= 15 is 0 Å². The summed E-state index contributed by atoms with van der Waals surface area (Å²) in [6.45, 7) is 7.82. The molecule has 0 bridgehead atoms. The maximum atomic E-state index is 10.9. The molecule has 0 fully saturated rings. The van der Waals surface area contributed by atoms with Crippen molar-refractivity contribution in [1.29, 1.82) is 0 Å². The Bertz CT molecular complexity index is 618. The summed E-state index contributed by atoms with van der Waals surface area (Å²) >= 11 is 0. The van der Waals surface area contributed by atoms with Crippen molar-refractivity contribution < 1.29 is 9.90 Å². The van der Waals surface area contributed by atoms with Gasteiger partial charge < -0.3 is 10.1 Å². The van der Waals surface area contributed by atoms with Gasteiger partial charge in [-0.3, -0.25) is 9.69 Å². The van der Waals surface area contributed by atoms with Crippen molar-refractivity contribution >= 4 is 16.9 Å². The van der Waals surface area contributed by atoms with Crippen LogP contribution in [0.5, 0.6) is 0 Å². The Hall–Kier alpha value is -1.81. The number of carboxylic acid groups (broad SMARTS) is 1. The van der Waals surface area contributed by atoms with Gasteiger partial charge in [0.05, 0.1) is 6.42 Å². The van der Waals surface area contributed by atoms with E-state index in [0.29, 0.717) is 0 Å². The van der Waals surface area contributed by atoms with Crippen LogP contribution in [0.4, 0.5) is 0 Å². The summed E-state index contributed by atoms with van der Waals surface area (Å²) in [6.07, 6.45) is 3.24. The maximum absolute atomic E-state index is 10.9. The molecule has 0 saturated carbocycles.